The van der Waals surface area contributed by atoms with Gasteiger partial charge in [0.2, 0.25) is 0 Å². The predicted octanol–water partition coefficient (Wildman–Crippen LogP) is 2.00. The van der Waals surface area contributed by atoms with Crippen LogP contribution >= 0.6 is 22.2 Å². The van der Waals surface area contributed by atoms with Crippen LogP contribution in [-0.2, 0) is 0 Å². The number of hydrogen-bond donors (Lipinski definition) is 0. The summed E-state index contributed by atoms with van der Waals surface area (Å²) in [7, 11) is -1.67. The molecule has 0 amide bonds. The van der Waals surface area contributed by atoms with E-state index in [-0.39, 0.29) is 5.82 Å². The molecule has 0 N–H and O–H groups in total. The minimum absolute atomic E-state index is 0.318. The van der Waals surface area contributed by atoms with Gasteiger partial charge >= 0.3 is 7.42 Å². The van der Waals surface area contributed by atoms with Gasteiger partial charge in [-0.1, -0.05) is 18.2 Å². The zero-order valence-corrected chi connectivity index (χ0v) is 7.46. The van der Waals surface area contributed by atoms with Crippen LogP contribution in [0.3, 0.4) is 0 Å². The van der Waals surface area contributed by atoms with Crippen LogP contribution in [0, 0.1) is 5.82 Å². The summed E-state index contributed by atoms with van der Waals surface area (Å²) in [6.07, 6.45) is 0. The summed E-state index contributed by atoms with van der Waals surface area (Å²) < 4.78 is 12.7. The molecule has 0 spiro atoms. The molecule has 0 fully saturated rings. The molecule has 1 radical (unpaired) electrons. The highest BCUT2D eigenvalue weighted by Crippen LogP contribution is 2.01. The van der Waals surface area contributed by atoms with Gasteiger partial charge in [-0.05, 0) is 6.07 Å². The van der Waals surface area contributed by atoms with E-state index in [2.05, 4.69) is 0 Å². The summed E-state index contributed by atoms with van der Waals surface area (Å²) in [5, 5.41) is 0.427. The third-order valence-corrected chi connectivity index (χ3v) is 3.11. The first-order valence-corrected chi connectivity index (χ1v) is 6.17. The molecule has 4 heteroatoms. The Morgan fingerprint density at radius 3 is 2.20 bits per heavy atom. The Morgan fingerprint density at radius 1 is 1.20 bits per heavy atom. The van der Waals surface area contributed by atoms with Gasteiger partial charge in [-0.2, -0.15) is 0 Å². The fraction of sp³-hybridized carbons (Fsp3) is 0. The van der Waals surface area contributed by atoms with Gasteiger partial charge in [0.15, 0.2) is 0 Å². The summed E-state index contributed by atoms with van der Waals surface area (Å²) in [5.41, 5.74) is 0. The summed E-state index contributed by atoms with van der Waals surface area (Å²) in [4.78, 5) is 0. The Kier molecular flexibility index (Phi) is 2.71. The van der Waals surface area contributed by atoms with E-state index >= 15 is 0 Å². The fourth-order valence-corrected chi connectivity index (χ4v) is 2.02. The second-order valence-corrected chi connectivity index (χ2v) is 5.65. The number of benzene rings is 1. The monoisotopic (exact) mass is 193 g/mol. The van der Waals surface area contributed by atoms with Gasteiger partial charge in [0.1, 0.15) is 5.82 Å². The first-order chi connectivity index (χ1) is 4.72. The Bertz CT molecular complexity index is 227. The molecular formula is C6H4Cl2FSi. The van der Waals surface area contributed by atoms with Crippen molar-refractivity contribution in [3.8, 4) is 0 Å². The van der Waals surface area contributed by atoms with Crippen molar-refractivity contribution in [3.05, 3.63) is 30.1 Å². The van der Waals surface area contributed by atoms with Crippen LogP contribution in [0.25, 0.3) is 0 Å². The highest BCUT2D eigenvalue weighted by Gasteiger charge is 2.11. The normalized spacial score (nSPS) is 10.4. The van der Waals surface area contributed by atoms with Gasteiger partial charge in [0.25, 0.3) is 0 Å². The summed E-state index contributed by atoms with van der Waals surface area (Å²) in [5.74, 6) is -0.318. The standard InChI is InChI=1S/C6H4Cl2FSi/c7-10(8)6-4-2-1-3-5(6)9/h1-4H. The molecule has 0 saturated heterocycles. The van der Waals surface area contributed by atoms with Crippen molar-refractivity contribution in [2.75, 3.05) is 0 Å². The van der Waals surface area contributed by atoms with Crippen molar-refractivity contribution >= 4 is 34.8 Å². The second kappa shape index (κ2) is 3.37. The molecule has 0 unspecified atom stereocenters. The lowest BCUT2D eigenvalue weighted by atomic mass is 10.3. The van der Waals surface area contributed by atoms with Gasteiger partial charge < -0.3 is 0 Å². The first-order valence-electron chi connectivity index (χ1n) is 2.64. The van der Waals surface area contributed by atoms with Crippen LogP contribution in [-0.4, -0.2) is 7.42 Å². The highest BCUT2D eigenvalue weighted by atomic mass is 35.7. The van der Waals surface area contributed by atoms with Crippen molar-refractivity contribution < 1.29 is 4.39 Å². The zero-order valence-electron chi connectivity index (χ0n) is 4.94. The molecule has 0 saturated carbocycles. The molecule has 0 aliphatic heterocycles. The van der Waals surface area contributed by atoms with E-state index in [1.54, 1.807) is 18.2 Å². The summed E-state index contributed by atoms with van der Waals surface area (Å²) in [6, 6.07) is 6.28. The number of hydrogen-bond acceptors (Lipinski definition) is 0. The molecule has 10 heavy (non-hydrogen) atoms. The molecule has 0 heterocycles. The second-order valence-electron chi connectivity index (χ2n) is 1.74. The smallest absolute Gasteiger partial charge is 0.207 e. The molecule has 0 aliphatic carbocycles. The molecule has 0 aliphatic rings. The zero-order chi connectivity index (χ0) is 7.56. The van der Waals surface area contributed by atoms with Crippen LogP contribution in [0.2, 0.25) is 0 Å². The minimum atomic E-state index is -1.67. The van der Waals surface area contributed by atoms with Gasteiger partial charge in [-0.3, -0.25) is 0 Å². The van der Waals surface area contributed by atoms with Crippen LogP contribution in [0.1, 0.15) is 0 Å². The average molecular weight is 194 g/mol. The van der Waals surface area contributed by atoms with E-state index in [9.17, 15) is 4.39 Å². The molecule has 53 valence electrons. The summed E-state index contributed by atoms with van der Waals surface area (Å²) >= 11 is 11.1. The van der Waals surface area contributed by atoms with Crippen molar-refractivity contribution in [2.45, 2.75) is 0 Å². The molecule has 0 nitrogen and oxygen atoms in total. The molecule has 1 rings (SSSR count). The van der Waals surface area contributed by atoms with E-state index in [0.29, 0.717) is 5.19 Å². The van der Waals surface area contributed by atoms with E-state index in [0.717, 1.165) is 0 Å². The lowest BCUT2D eigenvalue weighted by Gasteiger charge is -1.97. The largest absolute Gasteiger partial charge is 0.310 e. The van der Waals surface area contributed by atoms with Crippen LogP contribution in [0.15, 0.2) is 24.3 Å². The van der Waals surface area contributed by atoms with Gasteiger partial charge in [-0.25, -0.2) is 4.39 Å². The van der Waals surface area contributed by atoms with E-state index in [4.69, 9.17) is 22.2 Å². The third-order valence-electron chi connectivity index (χ3n) is 1.08. The Hall–Kier alpha value is -0.0531. The maximum absolute atomic E-state index is 12.7. The van der Waals surface area contributed by atoms with Crippen molar-refractivity contribution in [2.24, 2.45) is 0 Å². The van der Waals surface area contributed by atoms with Crippen LogP contribution in [0.4, 0.5) is 4.39 Å². The molecular weight excluding hydrogens is 190 g/mol. The fourth-order valence-electron chi connectivity index (χ4n) is 0.614. The lowest BCUT2D eigenvalue weighted by molar-refractivity contribution is 0.636. The van der Waals surface area contributed by atoms with Gasteiger partial charge in [0.05, 0.1) is 0 Å². The number of rotatable bonds is 1. The maximum atomic E-state index is 12.7. The van der Waals surface area contributed by atoms with Gasteiger partial charge in [0, 0.05) is 5.19 Å². The molecule has 0 bridgehead atoms. The Balaban J connectivity index is 3.03. The van der Waals surface area contributed by atoms with Gasteiger partial charge in [-0.15, -0.1) is 22.2 Å². The van der Waals surface area contributed by atoms with E-state index < -0.39 is 7.42 Å². The quantitative estimate of drug-likeness (QED) is 0.473. The lowest BCUT2D eigenvalue weighted by Crippen LogP contribution is -2.21. The molecule has 1 aromatic carbocycles. The van der Waals surface area contributed by atoms with Crippen molar-refractivity contribution in [1.29, 1.82) is 0 Å². The third kappa shape index (κ3) is 1.72. The Labute approximate surface area is 69.6 Å². The maximum Gasteiger partial charge on any atom is 0.310 e. The first kappa shape index (κ1) is 8.05. The predicted molar refractivity (Wildman–Crippen MR) is 43.5 cm³/mol. The van der Waals surface area contributed by atoms with E-state index in [1.807, 2.05) is 0 Å². The summed E-state index contributed by atoms with van der Waals surface area (Å²) in [6.45, 7) is 0. The van der Waals surface area contributed by atoms with Crippen LogP contribution < -0.4 is 5.19 Å². The van der Waals surface area contributed by atoms with Crippen molar-refractivity contribution in [3.63, 3.8) is 0 Å². The SMILES string of the molecule is Fc1ccccc1[Si](Cl)Cl. The number of halogens is 3. The minimum Gasteiger partial charge on any atom is -0.207 e. The average Bonchev–Trinajstić information content (AvgIpc) is 1.88. The van der Waals surface area contributed by atoms with E-state index in [1.165, 1.54) is 6.07 Å². The molecule has 1 aromatic rings. The highest BCUT2D eigenvalue weighted by molar-refractivity contribution is 7.39. The molecule has 0 aromatic heterocycles. The topological polar surface area (TPSA) is 0 Å². The Morgan fingerprint density at radius 2 is 1.80 bits per heavy atom. The van der Waals surface area contributed by atoms with Crippen molar-refractivity contribution in [1.82, 2.24) is 0 Å². The van der Waals surface area contributed by atoms with Crippen LogP contribution in [0.5, 0.6) is 0 Å². The molecule has 0 atom stereocenters.